The zero-order valence-electron chi connectivity index (χ0n) is 15.2. The summed E-state index contributed by atoms with van der Waals surface area (Å²) >= 11 is 0. The van der Waals surface area contributed by atoms with Crippen molar-refractivity contribution in [2.75, 3.05) is 7.11 Å². The number of aromatic nitrogens is 4. The van der Waals surface area contributed by atoms with E-state index in [1.165, 1.54) is 12.2 Å². The van der Waals surface area contributed by atoms with Crippen LogP contribution in [0.15, 0.2) is 45.9 Å². The van der Waals surface area contributed by atoms with Crippen LogP contribution in [0.25, 0.3) is 0 Å². The number of nitrogens with zero attached hydrogens (tertiary/aromatic N) is 4. The smallest absolute Gasteiger partial charge is 0.336 e. The molecule has 0 aliphatic carbocycles. The van der Waals surface area contributed by atoms with E-state index in [0.717, 1.165) is 24.8 Å². The standard InChI is InChI=1S/C18H22N4O4/c1-6-8-20-16(23)21(9-7-2)18(25)22(17(20)24)11-14-13(4)15(26-5)12(3)10-19-14/h6-7,10H,1-2,8-9,11H2,3-5H3. The molecule has 2 heterocycles. The average Bonchev–Trinajstić information content (AvgIpc) is 2.61. The lowest BCUT2D eigenvalue weighted by Crippen LogP contribution is -2.54. The topological polar surface area (TPSA) is 88.1 Å². The highest BCUT2D eigenvalue weighted by Gasteiger charge is 2.17. The molecule has 0 aliphatic rings. The molecule has 0 radical (unpaired) electrons. The second-order valence-corrected chi connectivity index (χ2v) is 5.78. The summed E-state index contributed by atoms with van der Waals surface area (Å²) in [7, 11) is 1.55. The van der Waals surface area contributed by atoms with Crippen LogP contribution in [-0.4, -0.2) is 25.8 Å². The monoisotopic (exact) mass is 358 g/mol. The lowest BCUT2D eigenvalue weighted by atomic mass is 10.1. The molecule has 2 rings (SSSR count). The van der Waals surface area contributed by atoms with Gasteiger partial charge < -0.3 is 4.74 Å². The van der Waals surface area contributed by atoms with Crippen molar-refractivity contribution in [1.82, 2.24) is 18.7 Å². The summed E-state index contributed by atoms with van der Waals surface area (Å²) in [5.74, 6) is 0.647. The summed E-state index contributed by atoms with van der Waals surface area (Å²) in [5.41, 5.74) is -0.0120. The van der Waals surface area contributed by atoms with Crippen molar-refractivity contribution in [3.63, 3.8) is 0 Å². The molecule has 8 heteroatoms. The molecule has 138 valence electrons. The van der Waals surface area contributed by atoms with Gasteiger partial charge in [0, 0.05) is 17.3 Å². The quantitative estimate of drug-likeness (QED) is 0.677. The van der Waals surface area contributed by atoms with E-state index < -0.39 is 17.1 Å². The molecule has 0 spiro atoms. The fourth-order valence-corrected chi connectivity index (χ4v) is 2.77. The van der Waals surface area contributed by atoms with Crippen LogP contribution in [0, 0.1) is 13.8 Å². The number of methoxy groups -OCH3 is 1. The normalized spacial score (nSPS) is 10.6. The Morgan fingerprint density at radius 1 is 1.00 bits per heavy atom. The van der Waals surface area contributed by atoms with Crippen LogP contribution in [-0.2, 0) is 19.6 Å². The Bertz CT molecular complexity index is 979. The molecule has 26 heavy (non-hydrogen) atoms. The Kier molecular flexibility index (Phi) is 5.76. The molecule has 0 aliphatic heterocycles. The van der Waals surface area contributed by atoms with Crippen LogP contribution < -0.4 is 21.8 Å². The predicted octanol–water partition coefficient (Wildman–Crippen LogP) is 0.612. The third kappa shape index (κ3) is 3.30. The van der Waals surface area contributed by atoms with Gasteiger partial charge in [0.15, 0.2) is 0 Å². The summed E-state index contributed by atoms with van der Waals surface area (Å²) < 4.78 is 8.26. The molecule has 0 atom stereocenters. The highest BCUT2D eigenvalue weighted by atomic mass is 16.5. The maximum atomic E-state index is 12.7. The first-order valence-corrected chi connectivity index (χ1v) is 8.02. The number of pyridine rings is 1. The van der Waals surface area contributed by atoms with E-state index >= 15 is 0 Å². The Hall–Kier alpha value is -3.16. The van der Waals surface area contributed by atoms with E-state index in [4.69, 9.17) is 4.74 Å². The van der Waals surface area contributed by atoms with Gasteiger partial charge in [-0.1, -0.05) is 12.2 Å². The molecule has 0 fully saturated rings. The number of hydrogen-bond acceptors (Lipinski definition) is 5. The first-order valence-electron chi connectivity index (χ1n) is 8.02. The Morgan fingerprint density at radius 3 is 1.96 bits per heavy atom. The summed E-state index contributed by atoms with van der Waals surface area (Å²) in [6.45, 7) is 10.7. The predicted molar refractivity (Wildman–Crippen MR) is 99.0 cm³/mol. The van der Waals surface area contributed by atoms with Gasteiger partial charge in [-0.15, -0.1) is 13.2 Å². The third-order valence-corrected chi connectivity index (χ3v) is 4.07. The van der Waals surface area contributed by atoms with Crippen molar-refractivity contribution >= 4 is 0 Å². The second kappa shape index (κ2) is 7.81. The van der Waals surface area contributed by atoms with Crippen LogP contribution in [0.2, 0.25) is 0 Å². The maximum absolute atomic E-state index is 12.7. The van der Waals surface area contributed by atoms with Crippen LogP contribution in [0.1, 0.15) is 16.8 Å². The number of aryl methyl sites for hydroxylation is 1. The molecule has 0 N–H and O–H groups in total. The third-order valence-electron chi connectivity index (χ3n) is 4.07. The van der Waals surface area contributed by atoms with Gasteiger partial charge in [0.2, 0.25) is 0 Å². The van der Waals surface area contributed by atoms with Crippen molar-refractivity contribution in [2.45, 2.75) is 33.5 Å². The van der Waals surface area contributed by atoms with E-state index in [-0.39, 0.29) is 19.6 Å². The molecule has 0 aromatic carbocycles. The lowest BCUT2D eigenvalue weighted by molar-refractivity contribution is 0.406. The lowest BCUT2D eigenvalue weighted by Gasteiger charge is -2.15. The van der Waals surface area contributed by atoms with Gasteiger partial charge in [0.05, 0.1) is 32.4 Å². The maximum Gasteiger partial charge on any atom is 0.336 e. The molecule has 0 unspecified atom stereocenters. The minimum atomic E-state index is -0.707. The molecular weight excluding hydrogens is 336 g/mol. The van der Waals surface area contributed by atoms with E-state index in [2.05, 4.69) is 18.1 Å². The van der Waals surface area contributed by atoms with Gasteiger partial charge in [-0.05, 0) is 13.8 Å². The van der Waals surface area contributed by atoms with Gasteiger partial charge in [0.1, 0.15) is 5.75 Å². The highest BCUT2D eigenvalue weighted by molar-refractivity contribution is 5.41. The molecule has 0 bridgehead atoms. The van der Waals surface area contributed by atoms with Gasteiger partial charge in [-0.25, -0.2) is 28.1 Å². The molecule has 2 aromatic heterocycles. The molecule has 8 nitrogen and oxygen atoms in total. The second-order valence-electron chi connectivity index (χ2n) is 5.78. The van der Waals surface area contributed by atoms with Crippen LogP contribution in [0.3, 0.4) is 0 Å². The van der Waals surface area contributed by atoms with Gasteiger partial charge in [-0.3, -0.25) is 4.98 Å². The minimum Gasteiger partial charge on any atom is -0.496 e. The minimum absolute atomic E-state index is 0.00127. The summed E-state index contributed by atoms with van der Waals surface area (Å²) in [5, 5.41) is 0. The fourth-order valence-electron chi connectivity index (χ4n) is 2.77. The first kappa shape index (κ1) is 19.2. The van der Waals surface area contributed by atoms with Crippen LogP contribution in [0.4, 0.5) is 0 Å². The van der Waals surface area contributed by atoms with Crippen molar-refractivity contribution in [3.05, 3.63) is 79.8 Å². The van der Waals surface area contributed by atoms with Crippen molar-refractivity contribution in [3.8, 4) is 5.75 Å². The zero-order valence-corrected chi connectivity index (χ0v) is 15.2. The fraction of sp³-hybridized carbons (Fsp3) is 0.333. The molecular formula is C18H22N4O4. The van der Waals surface area contributed by atoms with Crippen LogP contribution >= 0.6 is 0 Å². The number of allylic oxidation sites excluding steroid dienone is 2. The number of hydrogen-bond donors (Lipinski definition) is 0. The SMILES string of the molecule is C=CCn1c(=O)n(CC=C)c(=O)n(Cc2ncc(C)c(OC)c2C)c1=O. The Balaban J connectivity index is 2.73. The molecule has 2 aromatic rings. The van der Waals surface area contributed by atoms with Gasteiger partial charge in [-0.2, -0.15) is 0 Å². The first-order chi connectivity index (χ1) is 12.4. The zero-order chi connectivity index (χ0) is 19.4. The van der Waals surface area contributed by atoms with Gasteiger partial charge in [0.25, 0.3) is 0 Å². The summed E-state index contributed by atoms with van der Waals surface area (Å²) in [6.07, 6.45) is 4.47. The summed E-state index contributed by atoms with van der Waals surface area (Å²) in [4.78, 5) is 42.1. The van der Waals surface area contributed by atoms with Crippen molar-refractivity contribution in [2.24, 2.45) is 0 Å². The van der Waals surface area contributed by atoms with Crippen molar-refractivity contribution < 1.29 is 4.74 Å². The largest absolute Gasteiger partial charge is 0.496 e. The number of ether oxygens (including phenoxy) is 1. The highest BCUT2D eigenvalue weighted by Crippen LogP contribution is 2.23. The van der Waals surface area contributed by atoms with E-state index in [9.17, 15) is 14.4 Å². The Morgan fingerprint density at radius 2 is 1.50 bits per heavy atom. The Labute approximate surface area is 150 Å². The molecule has 0 saturated heterocycles. The van der Waals surface area contributed by atoms with Gasteiger partial charge >= 0.3 is 17.1 Å². The van der Waals surface area contributed by atoms with Crippen molar-refractivity contribution in [1.29, 1.82) is 0 Å². The summed E-state index contributed by atoms with van der Waals surface area (Å²) in [6, 6.07) is 0. The number of rotatable bonds is 7. The van der Waals surface area contributed by atoms with E-state index in [0.29, 0.717) is 11.4 Å². The van der Waals surface area contributed by atoms with Crippen LogP contribution in [0.5, 0.6) is 5.75 Å². The van der Waals surface area contributed by atoms with E-state index in [1.54, 1.807) is 20.2 Å². The molecule has 0 saturated carbocycles. The average molecular weight is 358 g/mol. The molecule has 0 amide bonds. The van der Waals surface area contributed by atoms with E-state index in [1.807, 2.05) is 6.92 Å².